The van der Waals surface area contributed by atoms with Gasteiger partial charge in [-0.2, -0.15) is 4.31 Å². The Morgan fingerprint density at radius 3 is 2.62 bits per heavy atom. The van der Waals surface area contributed by atoms with Crippen molar-refractivity contribution in [1.29, 1.82) is 0 Å². The van der Waals surface area contributed by atoms with Gasteiger partial charge in [0.05, 0.1) is 4.90 Å². The summed E-state index contributed by atoms with van der Waals surface area (Å²) in [6.07, 6.45) is 2.80. The number of carbonyl (C=O) groups is 1. The van der Waals surface area contributed by atoms with Crippen molar-refractivity contribution >= 4 is 15.9 Å². The summed E-state index contributed by atoms with van der Waals surface area (Å²) in [7, 11) is -3.58. The second kappa shape index (κ2) is 8.01. The number of hydrogen-bond donors (Lipinski definition) is 1. The number of nitrogens with one attached hydrogen (secondary N) is 1. The standard InChI is InChI=1S/C20H24N2O3S/c1-16-8-5-6-13-22(16)26(24,25)19-12-7-11-18(14-19)20(23)21-15-17-9-3-2-4-10-17/h2-4,7,9-12,14,16H,5-6,8,13,15H2,1H3,(H,21,23). The Morgan fingerprint density at radius 1 is 1.12 bits per heavy atom. The zero-order chi connectivity index (χ0) is 18.6. The molecule has 5 nitrogen and oxygen atoms in total. The Morgan fingerprint density at radius 2 is 1.88 bits per heavy atom. The van der Waals surface area contributed by atoms with E-state index in [1.807, 2.05) is 37.3 Å². The van der Waals surface area contributed by atoms with Crippen LogP contribution < -0.4 is 5.32 Å². The van der Waals surface area contributed by atoms with Gasteiger partial charge in [0.25, 0.3) is 5.91 Å². The van der Waals surface area contributed by atoms with Gasteiger partial charge in [-0.25, -0.2) is 8.42 Å². The number of sulfonamides is 1. The van der Waals surface area contributed by atoms with Crippen LogP contribution in [0, 0.1) is 0 Å². The first-order valence-corrected chi connectivity index (χ1v) is 10.4. The van der Waals surface area contributed by atoms with Crippen molar-refractivity contribution < 1.29 is 13.2 Å². The van der Waals surface area contributed by atoms with Crippen molar-refractivity contribution in [1.82, 2.24) is 9.62 Å². The maximum atomic E-state index is 12.9. The molecule has 1 aliphatic rings. The van der Waals surface area contributed by atoms with Crippen LogP contribution in [0.25, 0.3) is 0 Å². The minimum absolute atomic E-state index is 0.00990. The summed E-state index contributed by atoms with van der Waals surface area (Å²) in [6, 6.07) is 15.9. The lowest BCUT2D eigenvalue weighted by atomic mass is 10.1. The lowest BCUT2D eigenvalue weighted by Crippen LogP contribution is -2.42. The monoisotopic (exact) mass is 372 g/mol. The Bertz CT molecular complexity index is 866. The highest BCUT2D eigenvalue weighted by atomic mass is 32.2. The molecule has 1 atom stereocenters. The van der Waals surface area contributed by atoms with Crippen LogP contribution >= 0.6 is 0 Å². The Hall–Kier alpha value is -2.18. The van der Waals surface area contributed by atoms with Gasteiger partial charge in [-0.3, -0.25) is 4.79 Å². The fraction of sp³-hybridized carbons (Fsp3) is 0.350. The topological polar surface area (TPSA) is 66.5 Å². The van der Waals surface area contributed by atoms with E-state index >= 15 is 0 Å². The van der Waals surface area contributed by atoms with Gasteiger partial charge in [0.15, 0.2) is 0 Å². The highest BCUT2D eigenvalue weighted by Crippen LogP contribution is 2.25. The first kappa shape index (κ1) is 18.6. The van der Waals surface area contributed by atoms with Crippen molar-refractivity contribution in [2.24, 2.45) is 0 Å². The van der Waals surface area contributed by atoms with E-state index in [1.54, 1.807) is 22.5 Å². The molecule has 1 N–H and O–H groups in total. The van der Waals surface area contributed by atoms with Gasteiger partial charge in [0.1, 0.15) is 0 Å². The van der Waals surface area contributed by atoms with Gasteiger partial charge in [-0.1, -0.05) is 42.8 Å². The van der Waals surface area contributed by atoms with E-state index in [4.69, 9.17) is 0 Å². The van der Waals surface area contributed by atoms with Crippen LogP contribution in [0.2, 0.25) is 0 Å². The highest BCUT2D eigenvalue weighted by molar-refractivity contribution is 7.89. The van der Waals surface area contributed by atoms with E-state index < -0.39 is 10.0 Å². The number of amides is 1. The summed E-state index contributed by atoms with van der Waals surface area (Å²) in [5.41, 5.74) is 1.35. The van der Waals surface area contributed by atoms with Crippen LogP contribution in [0.1, 0.15) is 42.1 Å². The van der Waals surface area contributed by atoms with Gasteiger partial charge in [-0.05, 0) is 43.5 Å². The van der Waals surface area contributed by atoms with Crippen molar-refractivity contribution in [3.63, 3.8) is 0 Å². The molecule has 0 radical (unpaired) electrons. The molecule has 2 aromatic rings. The normalized spacial score (nSPS) is 18.4. The van der Waals surface area contributed by atoms with Gasteiger partial charge < -0.3 is 5.32 Å². The van der Waals surface area contributed by atoms with Gasteiger partial charge in [-0.15, -0.1) is 0 Å². The Balaban J connectivity index is 1.76. The molecule has 1 unspecified atom stereocenters. The van der Waals surface area contributed by atoms with E-state index in [0.717, 1.165) is 24.8 Å². The number of carbonyl (C=O) groups excluding carboxylic acids is 1. The zero-order valence-corrected chi connectivity index (χ0v) is 15.7. The first-order chi connectivity index (χ1) is 12.5. The fourth-order valence-electron chi connectivity index (χ4n) is 3.24. The molecule has 138 valence electrons. The molecule has 0 saturated carbocycles. The number of hydrogen-bond acceptors (Lipinski definition) is 3. The highest BCUT2D eigenvalue weighted by Gasteiger charge is 2.31. The fourth-order valence-corrected chi connectivity index (χ4v) is 4.99. The van der Waals surface area contributed by atoms with Crippen LogP contribution in [0.3, 0.4) is 0 Å². The average molecular weight is 372 g/mol. The number of benzene rings is 2. The third-order valence-corrected chi connectivity index (χ3v) is 6.75. The number of nitrogens with zero attached hydrogens (tertiary/aromatic N) is 1. The van der Waals surface area contributed by atoms with Gasteiger partial charge >= 0.3 is 0 Å². The summed E-state index contributed by atoms with van der Waals surface area (Å²) < 4.78 is 27.4. The molecule has 1 fully saturated rings. The molecule has 1 aliphatic heterocycles. The van der Waals surface area contributed by atoms with Crippen molar-refractivity contribution in [2.75, 3.05) is 6.54 Å². The molecule has 2 aromatic carbocycles. The molecule has 0 spiro atoms. The van der Waals surface area contributed by atoms with E-state index in [-0.39, 0.29) is 16.8 Å². The third-order valence-electron chi connectivity index (χ3n) is 4.74. The maximum absolute atomic E-state index is 12.9. The lowest BCUT2D eigenvalue weighted by Gasteiger charge is -2.32. The molecule has 0 bridgehead atoms. The summed E-state index contributed by atoms with van der Waals surface area (Å²) in [4.78, 5) is 12.6. The van der Waals surface area contributed by atoms with E-state index in [2.05, 4.69) is 5.32 Å². The molecule has 1 amide bonds. The largest absolute Gasteiger partial charge is 0.348 e. The lowest BCUT2D eigenvalue weighted by molar-refractivity contribution is 0.0950. The molecule has 0 aliphatic carbocycles. The SMILES string of the molecule is CC1CCCCN1S(=O)(=O)c1cccc(C(=O)NCc2ccccc2)c1. The van der Waals surface area contributed by atoms with E-state index in [0.29, 0.717) is 18.7 Å². The van der Waals surface area contributed by atoms with Crippen molar-refractivity contribution in [3.05, 3.63) is 65.7 Å². The zero-order valence-electron chi connectivity index (χ0n) is 14.9. The number of piperidine rings is 1. The van der Waals surface area contributed by atoms with E-state index in [1.165, 1.54) is 6.07 Å². The smallest absolute Gasteiger partial charge is 0.251 e. The minimum atomic E-state index is -3.58. The molecule has 26 heavy (non-hydrogen) atoms. The molecule has 0 aromatic heterocycles. The van der Waals surface area contributed by atoms with Crippen LogP contribution in [-0.2, 0) is 16.6 Å². The average Bonchev–Trinajstić information content (AvgIpc) is 2.67. The molecule has 6 heteroatoms. The minimum Gasteiger partial charge on any atom is -0.348 e. The first-order valence-electron chi connectivity index (χ1n) is 8.92. The molecule has 1 heterocycles. The third kappa shape index (κ3) is 4.14. The van der Waals surface area contributed by atoms with Gasteiger partial charge in [0, 0.05) is 24.7 Å². The van der Waals surface area contributed by atoms with Crippen LogP contribution in [0.15, 0.2) is 59.5 Å². The predicted octanol–water partition coefficient (Wildman–Crippen LogP) is 3.18. The molecular weight excluding hydrogens is 348 g/mol. The molecule has 1 saturated heterocycles. The Kier molecular flexibility index (Phi) is 5.74. The maximum Gasteiger partial charge on any atom is 0.251 e. The molecule has 3 rings (SSSR count). The van der Waals surface area contributed by atoms with Crippen LogP contribution in [-0.4, -0.2) is 31.2 Å². The van der Waals surface area contributed by atoms with Crippen LogP contribution in [0.5, 0.6) is 0 Å². The second-order valence-corrected chi connectivity index (χ2v) is 8.55. The number of rotatable bonds is 5. The van der Waals surface area contributed by atoms with Crippen LogP contribution in [0.4, 0.5) is 0 Å². The Labute approximate surface area is 155 Å². The predicted molar refractivity (Wildman–Crippen MR) is 101 cm³/mol. The van der Waals surface area contributed by atoms with Crippen molar-refractivity contribution in [2.45, 2.75) is 43.7 Å². The summed E-state index contributed by atoms with van der Waals surface area (Å²) in [5.74, 6) is -0.280. The van der Waals surface area contributed by atoms with Crippen molar-refractivity contribution in [3.8, 4) is 0 Å². The molecular formula is C20H24N2O3S. The summed E-state index contributed by atoms with van der Waals surface area (Å²) in [5, 5.41) is 2.83. The quantitative estimate of drug-likeness (QED) is 0.877. The summed E-state index contributed by atoms with van der Waals surface area (Å²) >= 11 is 0. The van der Waals surface area contributed by atoms with Gasteiger partial charge in [0.2, 0.25) is 10.0 Å². The van der Waals surface area contributed by atoms with E-state index in [9.17, 15) is 13.2 Å². The second-order valence-electron chi connectivity index (χ2n) is 6.66. The summed E-state index contributed by atoms with van der Waals surface area (Å²) in [6.45, 7) is 2.88.